The first-order valence-electron chi connectivity index (χ1n) is 6.28. The van der Waals surface area contributed by atoms with Crippen LogP contribution >= 0.6 is 0 Å². The number of rotatable bonds is 4. The number of nitrogens with two attached hydrogens (primary N) is 1. The summed E-state index contributed by atoms with van der Waals surface area (Å²) in [4.78, 5) is 20.4. The van der Waals surface area contributed by atoms with Crippen LogP contribution in [-0.4, -0.2) is 60.5 Å². The van der Waals surface area contributed by atoms with Gasteiger partial charge in [0.05, 0.1) is 11.6 Å². The summed E-state index contributed by atoms with van der Waals surface area (Å²) >= 11 is 0. The Balaban J connectivity index is 2.01. The van der Waals surface area contributed by atoms with Crippen LogP contribution in [0, 0.1) is 0 Å². The Bertz CT molecular complexity index is 387. The zero-order chi connectivity index (χ0) is 13.0. The summed E-state index contributed by atoms with van der Waals surface area (Å²) in [7, 11) is 2.11. The molecular formula is C13H20N4O. The van der Waals surface area contributed by atoms with E-state index in [4.69, 9.17) is 5.73 Å². The van der Waals surface area contributed by atoms with Crippen molar-refractivity contribution >= 4 is 5.91 Å². The van der Waals surface area contributed by atoms with Crippen molar-refractivity contribution in [3.8, 4) is 0 Å². The molecule has 0 aromatic carbocycles. The quantitative estimate of drug-likeness (QED) is 0.808. The van der Waals surface area contributed by atoms with Gasteiger partial charge in [-0.25, -0.2) is 0 Å². The Labute approximate surface area is 108 Å². The van der Waals surface area contributed by atoms with Gasteiger partial charge in [0, 0.05) is 38.9 Å². The number of carbonyl (C=O) groups is 1. The van der Waals surface area contributed by atoms with E-state index in [0.717, 1.165) is 31.9 Å². The SMILES string of the molecule is CN1CCN(CC(C(N)=O)c2ccccn2)CC1. The first-order valence-corrected chi connectivity index (χ1v) is 6.28. The minimum absolute atomic E-state index is 0.298. The van der Waals surface area contributed by atoms with E-state index in [1.807, 2.05) is 18.2 Å². The van der Waals surface area contributed by atoms with Gasteiger partial charge in [-0.15, -0.1) is 0 Å². The molecule has 1 fully saturated rings. The van der Waals surface area contributed by atoms with E-state index in [-0.39, 0.29) is 11.8 Å². The predicted molar refractivity (Wildman–Crippen MR) is 70.1 cm³/mol. The van der Waals surface area contributed by atoms with Crippen LogP contribution in [0.5, 0.6) is 0 Å². The fourth-order valence-electron chi connectivity index (χ4n) is 2.20. The molecule has 98 valence electrons. The van der Waals surface area contributed by atoms with Crippen molar-refractivity contribution in [2.75, 3.05) is 39.8 Å². The lowest BCUT2D eigenvalue weighted by molar-refractivity contribution is -0.120. The molecule has 2 N–H and O–H groups in total. The van der Waals surface area contributed by atoms with Gasteiger partial charge in [0.25, 0.3) is 0 Å². The fraction of sp³-hybridized carbons (Fsp3) is 0.538. The molecule has 1 amide bonds. The summed E-state index contributed by atoms with van der Waals surface area (Å²) in [5.41, 5.74) is 6.26. The first-order chi connectivity index (χ1) is 8.66. The topological polar surface area (TPSA) is 62.5 Å². The summed E-state index contributed by atoms with van der Waals surface area (Å²) in [6, 6.07) is 5.60. The third kappa shape index (κ3) is 3.27. The summed E-state index contributed by atoms with van der Waals surface area (Å²) in [5, 5.41) is 0. The third-order valence-corrected chi connectivity index (χ3v) is 3.42. The molecule has 1 unspecified atom stereocenters. The number of piperazine rings is 1. The average Bonchev–Trinajstić information content (AvgIpc) is 2.38. The Kier molecular flexibility index (Phi) is 4.28. The Morgan fingerprint density at radius 3 is 2.67 bits per heavy atom. The van der Waals surface area contributed by atoms with Gasteiger partial charge < -0.3 is 10.6 Å². The number of hydrogen-bond donors (Lipinski definition) is 1. The number of nitrogens with zero attached hydrogens (tertiary/aromatic N) is 3. The lowest BCUT2D eigenvalue weighted by Crippen LogP contribution is -2.47. The number of likely N-dealkylation sites (N-methyl/N-ethyl adjacent to an activating group) is 1. The number of amides is 1. The van der Waals surface area contributed by atoms with E-state index in [2.05, 4.69) is 21.8 Å². The van der Waals surface area contributed by atoms with Gasteiger partial charge in [-0.2, -0.15) is 0 Å². The highest BCUT2D eigenvalue weighted by Gasteiger charge is 2.24. The molecule has 0 bridgehead atoms. The van der Waals surface area contributed by atoms with Crippen LogP contribution in [0.3, 0.4) is 0 Å². The molecule has 1 aromatic rings. The first kappa shape index (κ1) is 13.0. The summed E-state index contributed by atoms with van der Waals surface area (Å²) in [6.45, 7) is 4.70. The second kappa shape index (κ2) is 5.93. The molecule has 1 aliphatic rings. The van der Waals surface area contributed by atoms with Gasteiger partial charge in [-0.3, -0.25) is 14.7 Å². The molecule has 1 saturated heterocycles. The van der Waals surface area contributed by atoms with Crippen molar-refractivity contribution in [3.63, 3.8) is 0 Å². The summed E-state index contributed by atoms with van der Waals surface area (Å²) < 4.78 is 0. The van der Waals surface area contributed by atoms with Crippen LogP contribution in [0.25, 0.3) is 0 Å². The summed E-state index contributed by atoms with van der Waals surface area (Å²) in [5.74, 6) is -0.609. The van der Waals surface area contributed by atoms with Gasteiger partial charge >= 0.3 is 0 Å². The fourth-order valence-corrected chi connectivity index (χ4v) is 2.20. The lowest BCUT2D eigenvalue weighted by Gasteiger charge is -2.33. The number of primary amides is 1. The minimum Gasteiger partial charge on any atom is -0.369 e. The van der Waals surface area contributed by atoms with E-state index in [0.29, 0.717) is 6.54 Å². The van der Waals surface area contributed by atoms with Crippen molar-refractivity contribution in [1.29, 1.82) is 0 Å². The largest absolute Gasteiger partial charge is 0.369 e. The highest BCUT2D eigenvalue weighted by molar-refractivity contribution is 5.81. The van der Waals surface area contributed by atoms with Crippen LogP contribution < -0.4 is 5.73 Å². The number of carbonyl (C=O) groups excluding carboxylic acids is 1. The molecule has 0 spiro atoms. The smallest absolute Gasteiger partial charge is 0.227 e. The van der Waals surface area contributed by atoms with Gasteiger partial charge in [-0.05, 0) is 19.2 Å². The van der Waals surface area contributed by atoms with Crippen molar-refractivity contribution < 1.29 is 4.79 Å². The predicted octanol–water partition coefficient (Wildman–Crippen LogP) is -0.102. The Morgan fingerprint density at radius 1 is 1.39 bits per heavy atom. The van der Waals surface area contributed by atoms with Crippen molar-refractivity contribution in [2.24, 2.45) is 5.73 Å². The number of pyridine rings is 1. The van der Waals surface area contributed by atoms with Gasteiger partial charge in [0.2, 0.25) is 5.91 Å². The molecule has 1 aromatic heterocycles. The normalized spacial score (nSPS) is 19.6. The molecule has 2 heterocycles. The molecule has 0 saturated carbocycles. The molecule has 0 aliphatic carbocycles. The second-order valence-electron chi connectivity index (χ2n) is 4.81. The number of hydrogen-bond acceptors (Lipinski definition) is 4. The van der Waals surface area contributed by atoms with Gasteiger partial charge in [-0.1, -0.05) is 6.07 Å². The minimum atomic E-state index is -0.311. The maximum atomic E-state index is 11.6. The van der Waals surface area contributed by atoms with Crippen LogP contribution in [0.1, 0.15) is 11.6 Å². The highest BCUT2D eigenvalue weighted by atomic mass is 16.1. The molecule has 0 radical (unpaired) electrons. The molecule has 18 heavy (non-hydrogen) atoms. The van der Waals surface area contributed by atoms with Crippen LogP contribution in [0.2, 0.25) is 0 Å². The lowest BCUT2D eigenvalue weighted by atomic mass is 10.0. The molecule has 5 heteroatoms. The van der Waals surface area contributed by atoms with E-state index in [9.17, 15) is 4.79 Å². The van der Waals surface area contributed by atoms with Crippen molar-refractivity contribution in [2.45, 2.75) is 5.92 Å². The monoisotopic (exact) mass is 248 g/mol. The summed E-state index contributed by atoms with van der Waals surface area (Å²) in [6.07, 6.45) is 1.70. The van der Waals surface area contributed by atoms with E-state index in [1.54, 1.807) is 6.20 Å². The maximum absolute atomic E-state index is 11.6. The van der Waals surface area contributed by atoms with E-state index >= 15 is 0 Å². The van der Waals surface area contributed by atoms with E-state index < -0.39 is 0 Å². The maximum Gasteiger partial charge on any atom is 0.227 e. The number of aromatic nitrogens is 1. The van der Waals surface area contributed by atoms with E-state index in [1.165, 1.54) is 0 Å². The van der Waals surface area contributed by atoms with Crippen molar-refractivity contribution in [1.82, 2.24) is 14.8 Å². The highest BCUT2D eigenvalue weighted by Crippen LogP contribution is 2.15. The van der Waals surface area contributed by atoms with Crippen molar-refractivity contribution in [3.05, 3.63) is 30.1 Å². The van der Waals surface area contributed by atoms with Crippen LogP contribution in [0.15, 0.2) is 24.4 Å². The zero-order valence-electron chi connectivity index (χ0n) is 10.7. The molecule has 2 rings (SSSR count). The van der Waals surface area contributed by atoms with Gasteiger partial charge in [0.15, 0.2) is 0 Å². The van der Waals surface area contributed by atoms with Crippen LogP contribution in [-0.2, 0) is 4.79 Å². The van der Waals surface area contributed by atoms with Gasteiger partial charge in [0.1, 0.15) is 0 Å². The standard InChI is InChI=1S/C13H20N4O/c1-16-6-8-17(9-7-16)10-11(13(14)18)12-4-2-3-5-15-12/h2-5,11H,6-10H2,1H3,(H2,14,18). The third-order valence-electron chi connectivity index (χ3n) is 3.42. The molecule has 5 nitrogen and oxygen atoms in total. The average molecular weight is 248 g/mol. The molecule has 1 aliphatic heterocycles. The van der Waals surface area contributed by atoms with Crippen LogP contribution in [0.4, 0.5) is 0 Å². The Hall–Kier alpha value is -1.46. The Morgan fingerprint density at radius 2 is 2.11 bits per heavy atom. The zero-order valence-corrected chi connectivity index (χ0v) is 10.7. The molecular weight excluding hydrogens is 228 g/mol. The second-order valence-corrected chi connectivity index (χ2v) is 4.81. The molecule has 1 atom stereocenters.